The number of nitrogens with one attached hydrogen (secondary N) is 1. The van der Waals surface area contributed by atoms with Crippen LogP contribution < -0.4 is 10.2 Å². The third-order valence-electron chi connectivity index (χ3n) is 3.46. The summed E-state index contributed by atoms with van der Waals surface area (Å²) in [5, 5.41) is 4.56. The van der Waals surface area contributed by atoms with E-state index in [9.17, 15) is 0 Å². The van der Waals surface area contributed by atoms with Crippen LogP contribution in [0.15, 0.2) is 0 Å². The van der Waals surface area contributed by atoms with Crippen molar-refractivity contribution in [1.29, 1.82) is 0 Å². The number of ether oxygens (including phenoxy) is 1. The van der Waals surface area contributed by atoms with Crippen molar-refractivity contribution in [2.45, 2.75) is 45.9 Å². The lowest BCUT2D eigenvalue weighted by Gasteiger charge is -2.23. The van der Waals surface area contributed by atoms with E-state index in [1.807, 2.05) is 11.8 Å². The topological polar surface area (TPSA) is 37.4 Å². The predicted molar refractivity (Wildman–Crippen MR) is 95.7 cm³/mol. The molecule has 4 nitrogen and oxygen atoms in total. The summed E-state index contributed by atoms with van der Waals surface area (Å²) in [6.45, 7) is 6.97. The average Bonchev–Trinajstić information content (AvgIpc) is 2.88. The maximum absolute atomic E-state index is 5.29. The van der Waals surface area contributed by atoms with Gasteiger partial charge in [-0.15, -0.1) is 11.3 Å². The Hall–Kier alpha value is -0.300. The highest BCUT2D eigenvalue weighted by Crippen LogP contribution is 2.28. The predicted octanol–water partition coefficient (Wildman–Crippen LogP) is 3.37. The minimum absolute atomic E-state index is 0.510. The molecule has 21 heavy (non-hydrogen) atoms. The second kappa shape index (κ2) is 10.4. The third kappa shape index (κ3) is 6.14. The van der Waals surface area contributed by atoms with Crippen molar-refractivity contribution in [3.05, 3.63) is 10.6 Å². The van der Waals surface area contributed by atoms with Crippen LogP contribution in [0.4, 0.5) is 5.13 Å². The van der Waals surface area contributed by atoms with Gasteiger partial charge in [-0.05, 0) is 38.3 Å². The van der Waals surface area contributed by atoms with Crippen LogP contribution in [-0.2, 0) is 17.9 Å². The first-order chi connectivity index (χ1) is 10.1. The van der Waals surface area contributed by atoms with Crippen LogP contribution in [0.3, 0.4) is 0 Å². The highest BCUT2D eigenvalue weighted by Gasteiger charge is 2.17. The zero-order valence-corrected chi connectivity index (χ0v) is 15.6. The summed E-state index contributed by atoms with van der Waals surface area (Å²) < 4.78 is 5.29. The van der Waals surface area contributed by atoms with Gasteiger partial charge < -0.3 is 15.0 Å². The molecule has 1 N–H and O–H groups in total. The highest BCUT2D eigenvalue weighted by atomic mass is 32.2. The molecule has 1 unspecified atom stereocenters. The van der Waals surface area contributed by atoms with E-state index in [4.69, 9.17) is 9.72 Å². The number of nitrogens with zero attached hydrogens (tertiary/aromatic N) is 2. The Morgan fingerprint density at radius 2 is 2.24 bits per heavy atom. The van der Waals surface area contributed by atoms with Crippen molar-refractivity contribution >= 4 is 28.2 Å². The van der Waals surface area contributed by atoms with Crippen molar-refractivity contribution in [2.24, 2.45) is 0 Å². The Balaban J connectivity index is 2.74. The highest BCUT2D eigenvalue weighted by molar-refractivity contribution is 7.98. The fraction of sp³-hybridized carbons (Fsp3) is 0.800. The summed E-state index contributed by atoms with van der Waals surface area (Å²) in [6.07, 6.45) is 4.49. The van der Waals surface area contributed by atoms with E-state index in [1.54, 1.807) is 18.4 Å². The number of methoxy groups -OCH3 is 1. The third-order valence-corrected chi connectivity index (χ3v) is 5.30. The molecule has 1 aromatic rings. The van der Waals surface area contributed by atoms with Gasteiger partial charge in [0.1, 0.15) is 0 Å². The number of thioether (sulfide) groups is 1. The molecule has 0 amide bonds. The molecule has 0 aromatic carbocycles. The fourth-order valence-electron chi connectivity index (χ4n) is 1.96. The molecule has 1 atom stereocenters. The molecular formula is C15H29N3OS2. The Morgan fingerprint density at radius 3 is 2.86 bits per heavy atom. The normalized spacial score (nSPS) is 12.6. The van der Waals surface area contributed by atoms with Crippen LogP contribution in [0.5, 0.6) is 0 Å². The Bertz CT molecular complexity index is 398. The fourth-order valence-corrected chi connectivity index (χ4v) is 3.63. The molecule has 1 heterocycles. The van der Waals surface area contributed by atoms with Gasteiger partial charge in [0.15, 0.2) is 5.13 Å². The van der Waals surface area contributed by atoms with E-state index in [0.717, 1.165) is 30.3 Å². The van der Waals surface area contributed by atoms with Crippen molar-refractivity contribution in [3.63, 3.8) is 0 Å². The van der Waals surface area contributed by atoms with Crippen molar-refractivity contribution in [1.82, 2.24) is 10.3 Å². The van der Waals surface area contributed by atoms with Crippen LogP contribution in [-0.4, -0.2) is 43.7 Å². The molecular weight excluding hydrogens is 302 g/mol. The first kappa shape index (κ1) is 18.7. The second-order valence-electron chi connectivity index (χ2n) is 5.22. The average molecular weight is 332 g/mol. The zero-order valence-electron chi connectivity index (χ0n) is 13.9. The van der Waals surface area contributed by atoms with Gasteiger partial charge in [-0.1, -0.05) is 6.92 Å². The number of rotatable bonds is 11. The first-order valence-corrected chi connectivity index (χ1v) is 9.75. The monoisotopic (exact) mass is 331 g/mol. The van der Waals surface area contributed by atoms with Gasteiger partial charge in [0.05, 0.1) is 12.3 Å². The summed E-state index contributed by atoms with van der Waals surface area (Å²) >= 11 is 3.68. The van der Waals surface area contributed by atoms with Gasteiger partial charge in [-0.25, -0.2) is 4.98 Å². The van der Waals surface area contributed by atoms with Crippen molar-refractivity contribution < 1.29 is 4.74 Å². The van der Waals surface area contributed by atoms with Crippen molar-refractivity contribution in [2.75, 3.05) is 37.6 Å². The molecule has 0 aliphatic heterocycles. The van der Waals surface area contributed by atoms with E-state index in [0.29, 0.717) is 12.6 Å². The second-order valence-corrected chi connectivity index (χ2v) is 7.27. The standard InChI is InChI=1S/C15H29N3OS2/c1-6-8-16-10-14-13(11-19-4)17-15(21-14)18(3)12(2)7-9-20-5/h12,16H,6-11H2,1-5H3. The van der Waals surface area contributed by atoms with E-state index >= 15 is 0 Å². The van der Waals surface area contributed by atoms with Gasteiger partial charge in [-0.2, -0.15) is 11.8 Å². The molecule has 0 radical (unpaired) electrons. The van der Waals surface area contributed by atoms with Gasteiger partial charge in [0.25, 0.3) is 0 Å². The molecule has 0 saturated carbocycles. The van der Waals surface area contributed by atoms with E-state index in [2.05, 4.69) is 37.4 Å². The summed E-state index contributed by atoms with van der Waals surface area (Å²) in [7, 11) is 3.87. The molecule has 0 fully saturated rings. The largest absolute Gasteiger partial charge is 0.378 e. The molecule has 1 aromatic heterocycles. The number of hydrogen-bond acceptors (Lipinski definition) is 6. The van der Waals surface area contributed by atoms with Crippen LogP contribution in [0.1, 0.15) is 37.3 Å². The molecule has 0 saturated heterocycles. The lowest BCUT2D eigenvalue weighted by Crippen LogP contribution is -2.29. The van der Waals surface area contributed by atoms with Crippen LogP contribution in [0.25, 0.3) is 0 Å². The smallest absolute Gasteiger partial charge is 0.185 e. The van der Waals surface area contributed by atoms with E-state index < -0.39 is 0 Å². The Kier molecular flexibility index (Phi) is 9.31. The molecule has 1 rings (SSSR count). The van der Waals surface area contributed by atoms with Gasteiger partial charge in [0, 0.05) is 31.6 Å². The summed E-state index contributed by atoms with van der Waals surface area (Å²) in [4.78, 5) is 8.37. The number of thiazole rings is 1. The van der Waals surface area contributed by atoms with Gasteiger partial charge in [0.2, 0.25) is 0 Å². The summed E-state index contributed by atoms with van der Waals surface area (Å²) in [6, 6.07) is 0.510. The quantitative estimate of drug-likeness (QED) is 0.629. The summed E-state index contributed by atoms with van der Waals surface area (Å²) in [5.74, 6) is 1.19. The first-order valence-electron chi connectivity index (χ1n) is 7.54. The van der Waals surface area contributed by atoms with Gasteiger partial charge >= 0.3 is 0 Å². The zero-order chi connectivity index (χ0) is 15.7. The van der Waals surface area contributed by atoms with Crippen LogP contribution in [0, 0.1) is 0 Å². The molecule has 0 spiro atoms. The SMILES string of the molecule is CCCNCc1sc(N(C)C(C)CCSC)nc1COC. The minimum Gasteiger partial charge on any atom is -0.378 e. The van der Waals surface area contributed by atoms with Crippen LogP contribution >= 0.6 is 23.1 Å². The molecule has 0 aliphatic carbocycles. The molecule has 0 bridgehead atoms. The van der Waals surface area contributed by atoms with Crippen molar-refractivity contribution in [3.8, 4) is 0 Å². The maximum Gasteiger partial charge on any atom is 0.185 e. The van der Waals surface area contributed by atoms with E-state index in [1.165, 1.54) is 17.1 Å². The Labute approximate surface area is 137 Å². The number of anilines is 1. The van der Waals surface area contributed by atoms with Crippen LogP contribution in [0.2, 0.25) is 0 Å². The molecule has 6 heteroatoms. The van der Waals surface area contributed by atoms with E-state index in [-0.39, 0.29) is 0 Å². The Morgan fingerprint density at radius 1 is 1.48 bits per heavy atom. The molecule has 122 valence electrons. The maximum atomic E-state index is 5.29. The summed E-state index contributed by atoms with van der Waals surface area (Å²) in [5.41, 5.74) is 1.07. The number of hydrogen-bond donors (Lipinski definition) is 1. The minimum atomic E-state index is 0.510. The number of aromatic nitrogens is 1. The molecule has 0 aliphatic rings. The lowest BCUT2D eigenvalue weighted by molar-refractivity contribution is 0.181. The lowest BCUT2D eigenvalue weighted by atomic mass is 10.2. The van der Waals surface area contributed by atoms with Gasteiger partial charge in [-0.3, -0.25) is 0 Å².